The summed E-state index contributed by atoms with van der Waals surface area (Å²) in [5.74, 6) is 0.795. The van der Waals surface area contributed by atoms with Gasteiger partial charge >= 0.3 is 6.03 Å². The minimum atomic E-state index is -0.101. The number of nitrogens with zero attached hydrogens (tertiary/aromatic N) is 1. The zero-order valence-electron chi connectivity index (χ0n) is 13.2. The Morgan fingerprint density at radius 3 is 2.96 bits per heavy atom. The monoisotopic (exact) mass is 308 g/mol. The van der Waals surface area contributed by atoms with Gasteiger partial charge in [0.1, 0.15) is 5.75 Å². The number of methoxy groups -OCH3 is 1. The van der Waals surface area contributed by atoms with Crippen LogP contribution in [0.4, 0.5) is 10.5 Å². The van der Waals surface area contributed by atoms with E-state index in [9.17, 15) is 4.79 Å². The molecule has 2 aromatic carbocycles. The molecule has 2 amide bonds. The Balaban J connectivity index is 1.67. The van der Waals surface area contributed by atoms with E-state index >= 15 is 0 Å². The number of benzene rings is 2. The molecule has 118 valence electrons. The third-order valence-electron chi connectivity index (χ3n) is 3.93. The first-order valence-electron chi connectivity index (χ1n) is 7.74. The molecule has 0 aliphatic carbocycles. The second-order valence-electron chi connectivity index (χ2n) is 5.44. The van der Waals surface area contributed by atoms with Crippen molar-refractivity contribution < 1.29 is 9.53 Å². The summed E-state index contributed by atoms with van der Waals surface area (Å²) in [6, 6.07) is 15.7. The quantitative estimate of drug-likeness (QED) is 0.936. The van der Waals surface area contributed by atoms with Crippen LogP contribution in [-0.4, -0.2) is 19.7 Å². The largest absolute Gasteiger partial charge is 0.497 e. The van der Waals surface area contributed by atoms with Gasteiger partial charge < -0.3 is 10.1 Å². The number of para-hydroxylation sites is 1. The van der Waals surface area contributed by atoms with Gasteiger partial charge in [0.05, 0.1) is 7.11 Å². The van der Waals surface area contributed by atoms with Crippen molar-refractivity contribution in [3.8, 4) is 5.75 Å². The maximum Gasteiger partial charge on any atom is 0.325 e. The minimum absolute atomic E-state index is 0.101. The molecule has 0 spiro atoms. The van der Waals surface area contributed by atoms with Gasteiger partial charge in [0.25, 0.3) is 0 Å². The molecular weight excluding hydrogens is 288 g/mol. The van der Waals surface area contributed by atoms with Gasteiger partial charge in [-0.05, 0) is 48.2 Å². The van der Waals surface area contributed by atoms with Gasteiger partial charge in [-0.1, -0.05) is 30.3 Å². The van der Waals surface area contributed by atoms with Crippen LogP contribution in [0.1, 0.15) is 17.5 Å². The van der Waals surface area contributed by atoms with Crippen LogP contribution < -0.4 is 15.0 Å². The lowest BCUT2D eigenvalue weighted by molar-refractivity contribution is 0.249. The molecule has 3 rings (SSSR count). The van der Waals surface area contributed by atoms with E-state index in [0.717, 1.165) is 36.4 Å². The van der Waals surface area contributed by atoms with E-state index in [-0.39, 0.29) is 6.03 Å². The number of anilines is 1. The van der Waals surface area contributed by atoms with Crippen LogP contribution in [0.25, 0.3) is 6.08 Å². The number of carbonyl (C=O) groups excluding carboxylic acids is 1. The van der Waals surface area contributed by atoms with Crippen LogP contribution in [0.5, 0.6) is 5.75 Å². The Labute approximate surface area is 136 Å². The third-order valence-corrected chi connectivity index (χ3v) is 3.93. The lowest BCUT2D eigenvalue weighted by Gasteiger charge is -2.28. The summed E-state index contributed by atoms with van der Waals surface area (Å²) in [6.07, 6.45) is 5.55. The van der Waals surface area contributed by atoms with Gasteiger partial charge in [-0.15, -0.1) is 0 Å². The van der Waals surface area contributed by atoms with E-state index in [1.54, 1.807) is 18.2 Å². The highest BCUT2D eigenvalue weighted by atomic mass is 16.5. The van der Waals surface area contributed by atoms with Crippen LogP contribution in [0.2, 0.25) is 0 Å². The number of urea groups is 1. The van der Waals surface area contributed by atoms with Crippen molar-refractivity contribution in [2.75, 3.05) is 18.6 Å². The van der Waals surface area contributed by atoms with E-state index in [4.69, 9.17) is 4.74 Å². The Hall–Kier alpha value is -2.75. The third kappa shape index (κ3) is 3.54. The number of hydrogen-bond acceptors (Lipinski definition) is 2. The average Bonchev–Trinajstić information content (AvgIpc) is 2.61. The Bertz CT molecular complexity index is 725. The molecular formula is C19H20N2O2. The maximum atomic E-state index is 12.4. The van der Waals surface area contributed by atoms with Crippen molar-refractivity contribution in [2.45, 2.75) is 12.8 Å². The summed E-state index contributed by atoms with van der Waals surface area (Å²) < 4.78 is 5.19. The topological polar surface area (TPSA) is 41.6 Å². The average molecular weight is 308 g/mol. The van der Waals surface area contributed by atoms with Gasteiger partial charge in [0.2, 0.25) is 0 Å². The molecule has 0 unspecified atom stereocenters. The minimum Gasteiger partial charge on any atom is -0.497 e. The number of fused-ring (bicyclic) bond motifs is 1. The molecule has 1 aliphatic rings. The Kier molecular flexibility index (Phi) is 4.62. The van der Waals surface area contributed by atoms with E-state index < -0.39 is 0 Å². The van der Waals surface area contributed by atoms with Gasteiger partial charge in [0.15, 0.2) is 0 Å². The molecule has 1 heterocycles. The van der Waals surface area contributed by atoms with Crippen molar-refractivity contribution in [3.05, 3.63) is 65.9 Å². The fraction of sp³-hybridized carbons (Fsp3) is 0.211. The van der Waals surface area contributed by atoms with E-state index in [0.29, 0.717) is 0 Å². The predicted octanol–water partition coefficient (Wildman–Crippen LogP) is 3.83. The standard InChI is InChI=1S/C19H20N2O2/c1-23-17-9-4-6-15(14-17)11-12-20-19(22)21-13-5-8-16-7-2-3-10-18(16)21/h2-4,6-7,9-12,14H,5,8,13H2,1H3,(H,20,22)/b12-11+. The zero-order valence-corrected chi connectivity index (χ0v) is 13.2. The molecule has 0 aromatic heterocycles. The second-order valence-corrected chi connectivity index (χ2v) is 5.44. The first kappa shape index (κ1) is 15.2. The molecule has 0 radical (unpaired) electrons. The molecule has 0 bridgehead atoms. The van der Waals surface area contributed by atoms with Gasteiger partial charge in [0, 0.05) is 18.4 Å². The SMILES string of the molecule is COc1cccc(/C=C/NC(=O)N2CCCc3ccccc32)c1. The van der Waals surface area contributed by atoms with Crippen LogP contribution >= 0.6 is 0 Å². The summed E-state index contributed by atoms with van der Waals surface area (Å²) in [7, 11) is 1.64. The fourth-order valence-electron chi connectivity index (χ4n) is 2.78. The number of nitrogens with one attached hydrogen (secondary N) is 1. The summed E-state index contributed by atoms with van der Waals surface area (Å²) in [4.78, 5) is 14.2. The van der Waals surface area contributed by atoms with Gasteiger partial charge in [-0.25, -0.2) is 4.79 Å². The highest BCUT2D eigenvalue weighted by molar-refractivity contribution is 5.94. The Morgan fingerprint density at radius 1 is 1.22 bits per heavy atom. The zero-order chi connectivity index (χ0) is 16.1. The normalized spacial score (nSPS) is 13.7. The van der Waals surface area contributed by atoms with Gasteiger partial charge in [-0.3, -0.25) is 4.90 Å². The first-order chi connectivity index (χ1) is 11.3. The van der Waals surface area contributed by atoms with Crippen molar-refractivity contribution in [1.82, 2.24) is 5.32 Å². The fourth-order valence-corrected chi connectivity index (χ4v) is 2.78. The van der Waals surface area contributed by atoms with Crippen LogP contribution in [-0.2, 0) is 6.42 Å². The Morgan fingerprint density at radius 2 is 2.09 bits per heavy atom. The summed E-state index contributed by atoms with van der Waals surface area (Å²) in [5.41, 5.74) is 3.21. The second kappa shape index (κ2) is 7.01. The summed E-state index contributed by atoms with van der Waals surface area (Å²) in [5, 5.41) is 2.84. The molecule has 0 atom stereocenters. The van der Waals surface area contributed by atoms with E-state index in [1.807, 2.05) is 48.5 Å². The molecule has 2 aromatic rings. The number of carbonyl (C=O) groups is 1. The molecule has 4 nitrogen and oxygen atoms in total. The molecule has 0 fully saturated rings. The van der Waals surface area contributed by atoms with E-state index in [2.05, 4.69) is 11.4 Å². The predicted molar refractivity (Wildman–Crippen MR) is 92.7 cm³/mol. The van der Waals surface area contributed by atoms with Crippen molar-refractivity contribution in [3.63, 3.8) is 0 Å². The number of amides is 2. The number of hydrogen-bond donors (Lipinski definition) is 1. The first-order valence-corrected chi connectivity index (χ1v) is 7.74. The van der Waals surface area contributed by atoms with Crippen LogP contribution in [0.3, 0.4) is 0 Å². The summed E-state index contributed by atoms with van der Waals surface area (Å²) >= 11 is 0. The molecule has 1 N–H and O–H groups in total. The number of ether oxygens (including phenoxy) is 1. The lowest BCUT2D eigenvalue weighted by atomic mass is 10.0. The highest BCUT2D eigenvalue weighted by Crippen LogP contribution is 2.26. The molecule has 0 saturated heterocycles. The lowest BCUT2D eigenvalue weighted by Crippen LogP contribution is -2.40. The summed E-state index contributed by atoms with van der Waals surface area (Å²) in [6.45, 7) is 0.746. The van der Waals surface area contributed by atoms with Gasteiger partial charge in [-0.2, -0.15) is 0 Å². The number of aryl methyl sites for hydroxylation is 1. The molecule has 1 aliphatic heterocycles. The molecule has 23 heavy (non-hydrogen) atoms. The van der Waals surface area contributed by atoms with Crippen molar-refractivity contribution >= 4 is 17.8 Å². The van der Waals surface area contributed by atoms with Crippen LogP contribution in [0, 0.1) is 0 Å². The number of rotatable bonds is 3. The van der Waals surface area contributed by atoms with Crippen molar-refractivity contribution in [2.24, 2.45) is 0 Å². The van der Waals surface area contributed by atoms with Crippen molar-refractivity contribution in [1.29, 1.82) is 0 Å². The maximum absolute atomic E-state index is 12.4. The smallest absolute Gasteiger partial charge is 0.325 e. The molecule has 0 saturated carbocycles. The van der Waals surface area contributed by atoms with Crippen LogP contribution in [0.15, 0.2) is 54.7 Å². The van der Waals surface area contributed by atoms with E-state index in [1.165, 1.54) is 5.56 Å². The molecule has 4 heteroatoms. The highest BCUT2D eigenvalue weighted by Gasteiger charge is 2.21.